The van der Waals surface area contributed by atoms with Gasteiger partial charge < -0.3 is 36.4 Å². The number of anilines is 1. The Hall–Kier alpha value is -3.18. The summed E-state index contributed by atoms with van der Waals surface area (Å²) >= 11 is 0. The fraction of sp³-hybridized carbons (Fsp3) is 0.444. The molecule has 160 valence electrons. The number of ether oxygens (including phenoxy) is 1. The molecule has 11 heteroatoms. The van der Waals surface area contributed by atoms with Crippen LogP contribution in [0, 0.1) is 0 Å². The van der Waals surface area contributed by atoms with Crippen molar-refractivity contribution in [1.29, 1.82) is 0 Å². The lowest BCUT2D eigenvalue weighted by molar-refractivity contribution is -0.125. The molecule has 1 rings (SSSR count). The second kappa shape index (κ2) is 12.3. The van der Waals surface area contributed by atoms with Crippen LogP contribution in [-0.2, 0) is 32.3 Å². The van der Waals surface area contributed by atoms with Crippen LogP contribution in [0.25, 0.3) is 0 Å². The number of carbonyl (C=O) groups is 4. The fourth-order valence-corrected chi connectivity index (χ4v) is 2.27. The zero-order valence-electron chi connectivity index (χ0n) is 16.4. The molecule has 1 aromatic carbocycles. The van der Waals surface area contributed by atoms with Gasteiger partial charge in [-0.2, -0.15) is 0 Å². The smallest absolute Gasteiger partial charge is 0.407 e. The van der Waals surface area contributed by atoms with Crippen molar-refractivity contribution >= 4 is 30.0 Å². The van der Waals surface area contributed by atoms with Gasteiger partial charge >= 0.3 is 6.09 Å². The number of alkyl carbamates (subject to hydrolysis) is 1. The van der Waals surface area contributed by atoms with E-state index in [9.17, 15) is 24.3 Å². The molecule has 0 aromatic heterocycles. The van der Waals surface area contributed by atoms with Crippen molar-refractivity contribution in [2.45, 2.75) is 26.1 Å². The molecule has 0 fully saturated rings. The van der Waals surface area contributed by atoms with E-state index in [4.69, 9.17) is 5.73 Å². The summed E-state index contributed by atoms with van der Waals surface area (Å²) in [7, 11) is 1.59. The molecule has 0 aliphatic rings. The van der Waals surface area contributed by atoms with E-state index in [1.807, 2.05) is 0 Å². The summed E-state index contributed by atoms with van der Waals surface area (Å²) in [5.74, 6) is -1.04. The number of nitrogens with two attached hydrogens (primary N) is 1. The van der Waals surface area contributed by atoms with Crippen molar-refractivity contribution in [2.75, 3.05) is 32.1 Å². The minimum atomic E-state index is -0.872. The Balaban J connectivity index is 2.61. The van der Waals surface area contributed by atoms with Gasteiger partial charge in [0.1, 0.15) is 19.2 Å². The van der Waals surface area contributed by atoms with Gasteiger partial charge in [-0.05, 0) is 30.2 Å². The summed E-state index contributed by atoms with van der Waals surface area (Å²) in [6.45, 7) is 1.40. The van der Waals surface area contributed by atoms with Gasteiger partial charge in [0.2, 0.25) is 18.2 Å². The molecule has 0 spiro atoms. The summed E-state index contributed by atoms with van der Waals surface area (Å²) in [5, 5.41) is 16.8. The van der Waals surface area contributed by atoms with E-state index in [2.05, 4.69) is 20.7 Å². The third-order valence-electron chi connectivity index (χ3n) is 3.76. The minimum Gasteiger partial charge on any atom is -0.448 e. The SMILES string of the molecule is CC(NC(=O)CNC(=O)OCCN)C(=O)Nc1ccc(CO)c(CN(C)C=O)c1. The Bertz CT molecular complexity index is 727. The lowest BCUT2D eigenvalue weighted by Gasteiger charge is -2.17. The Morgan fingerprint density at radius 2 is 2.03 bits per heavy atom. The van der Waals surface area contributed by atoms with E-state index in [0.29, 0.717) is 23.2 Å². The van der Waals surface area contributed by atoms with Gasteiger partial charge in [-0.1, -0.05) is 6.07 Å². The van der Waals surface area contributed by atoms with Crippen molar-refractivity contribution in [1.82, 2.24) is 15.5 Å². The van der Waals surface area contributed by atoms with Gasteiger partial charge in [0, 0.05) is 25.8 Å². The number of amides is 4. The van der Waals surface area contributed by atoms with Crippen LogP contribution in [0.5, 0.6) is 0 Å². The quantitative estimate of drug-likeness (QED) is 0.289. The molecule has 0 radical (unpaired) electrons. The largest absolute Gasteiger partial charge is 0.448 e. The first kappa shape index (κ1) is 23.9. The standard InChI is InChI=1S/C18H27N5O6/c1-12(21-16(26)8-20-18(28)29-6-5-19)17(27)22-15-4-3-13(10-24)14(7-15)9-23(2)11-25/h3-4,7,11-12,24H,5-6,8-10,19H2,1-2H3,(H,20,28)(H,21,26)(H,22,27). The highest BCUT2D eigenvalue weighted by molar-refractivity contribution is 5.97. The van der Waals surface area contributed by atoms with E-state index < -0.39 is 23.9 Å². The fourth-order valence-electron chi connectivity index (χ4n) is 2.27. The van der Waals surface area contributed by atoms with Crippen LogP contribution in [-0.4, -0.2) is 67.1 Å². The lowest BCUT2D eigenvalue weighted by Crippen LogP contribution is -2.46. The Kier molecular flexibility index (Phi) is 10.1. The highest BCUT2D eigenvalue weighted by Gasteiger charge is 2.17. The number of nitrogens with zero attached hydrogens (tertiary/aromatic N) is 1. The van der Waals surface area contributed by atoms with Crippen LogP contribution >= 0.6 is 0 Å². The summed E-state index contributed by atoms with van der Waals surface area (Å²) < 4.78 is 4.66. The Morgan fingerprint density at radius 1 is 1.31 bits per heavy atom. The van der Waals surface area contributed by atoms with Crippen molar-refractivity contribution in [3.63, 3.8) is 0 Å². The van der Waals surface area contributed by atoms with Crippen molar-refractivity contribution in [3.05, 3.63) is 29.3 Å². The number of nitrogens with one attached hydrogen (secondary N) is 3. The molecule has 1 atom stereocenters. The zero-order valence-corrected chi connectivity index (χ0v) is 16.4. The van der Waals surface area contributed by atoms with Gasteiger partial charge in [-0.15, -0.1) is 0 Å². The molecule has 6 N–H and O–H groups in total. The molecule has 0 aliphatic carbocycles. The van der Waals surface area contributed by atoms with E-state index in [1.165, 1.54) is 11.8 Å². The number of rotatable bonds is 11. The normalized spacial score (nSPS) is 11.2. The highest BCUT2D eigenvalue weighted by atomic mass is 16.5. The number of hydrogen-bond acceptors (Lipinski definition) is 7. The van der Waals surface area contributed by atoms with E-state index in [0.717, 1.165) is 0 Å². The van der Waals surface area contributed by atoms with E-state index >= 15 is 0 Å². The van der Waals surface area contributed by atoms with Crippen molar-refractivity contribution < 1.29 is 29.0 Å². The number of aliphatic hydroxyl groups excluding tert-OH is 1. The second-order valence-corrected chi connectivity index (χ2v) is 6.22. The van der Waals surface area contributed by atoms with Crippen LogP contribution in [0.1, 0.15) is 18.1 Å². The third kappa shape index (κ3) is 8.58. The summed E-state index contributed by atoms with van der Waals surface area (Å²) in [6, 6.07) is 4.02. The van der Waals surface area contributed by atoms with Gasteiger partial charge in [0.15, 0.2) is 0 Å². The summed E-state index contributed by atoms with van der Waals surface area (Å²) in [5.41, 5.74) is 6.95. The molecule has 11 nitrogen and oxygen atoms in total. The molecule has 0 saturated heterocycles. The van der Waals surface area contributed by atoms with Crippen LogP contribution in [0.2, 0.25) is 0 Å². The van der Waals surface area contributed by atoms with Crippen molar-refractivity contribution in [2.24, 2.45) is 5.73 Å². The molecule has 4 amide bonds. The molecule has 0 saturated carbocycles. The average Bonchev–Trinajstić information content (AvgIpc) is 2.70. The number of aliphatic hydroxyl groups is 1. The lowest BCUT2D eigenvalue weighted by atomic mass is 10.1. The van der Waals surface area contributed by atoms with E-state index in [1.54, 1.807) is 25.2 Å². The Morgan fingerprint density at radius 3 is 2.66 bits per heavy atom. The maximum Gasteiger partial charge on any atom is 0.407 e. The first-order valence-electron chi connectivity index (χ1n) is 8.89. The molecule has 1 aromatic rings. The maximum atomic E-state index is 12.3. The third-order valence-corrected chi connectivity index (χ3v) is 3.76. The van der Waals surface area contributed by atoms with E-state index in [-0.39, 0.29) is 32.8 Å². The van der Waals surface area contributed by atoms with Gasteiger partial charge in [0.25, 0.3) is 0 Å². The minimum absolute atomic E-state index is 0.0337. The number of benzene rings is 1. The van der Waals surface area contributed by atoms with Crippen LogP contribution in [0.4, 0.5) is 10.5 Å². The van der Waals surface area contributed by atoms with Crippen LogP contribution < -0.4 is 21.7 Å². The van der Waals surface area contributed by atoms with Gasteiger partial charge in [-0.25, -0.2) is 4.79 Å². The highest BCUT2D eigenvalue weighted by Crippen LogP contribution is 2.18. The monoisotopic (exact) mass is 409 g/mol. The number of hydrogen-bond donors (Lipinski definition) is 5. The summed E-state index contributed by atoms with van der Waals surface area (Å²) in [6.07, 6.45) is -0.122. The molecule has 29 heavy (non-hydrogen) atoms. The second-order valence-electron chi connectivity index (χ2n) is 6.22. The molecule has 0 bridgehead atoms. The van der Waals surface area contributed by atoms with Crippen LogP contribution in [0.15, 0.2) is 18.2 Å². The van der Waals surface area contributed by atoms with Crippen molar-refractivity contribution in [3.8, 4) is 0 Å². The summed E-state index contributed by atoms with van der Waals surface area (Å²) in [4.78, 5) is 47.6. The van der Waals surface area contributed by atoms with Gasteiger partial charge in [-0.3, -0.25) is 14.4 Å². The number of carbonyl (C=O) groups excluding carboxylic acids is 4. The molecule has 0 aliphatic heterocycles. The average molecular weight is 409 g/mol. The topological polar surface area (TPSA) is 163 Å². The predicted octanol–water partition coefficient (Wildman–Crippen LogP) is -1.10. The first-order chi connectivity index (χ1) is 13.8. The Labute approximate surface area is 168 Å². The first-order valence-corrected chi connectivity index (χ1v) is 8.89. The molecular weight excluding hydrogens is 382 g/mol. The predicted molar refractivity (Wildman–Crippen MR) is 105 cm³/mol. The maximum absolute atomic E-state index is 12.3. The van der Waals surface area contributed by atoms with Gasteiger partial charge in [0.05, 0.1) is 6.61 Å². The molecule has 1 unspecified atom stereocenters. The molecule has 0 heterocycles. The zero-order chi connectivity index (χ0) is 21.8. The van der Waals surface area contributed by atoms with Crippen LogP contribution in [0.3, 0.4) is 0 Å². The molecular formula is C18H27N5O6.